The van der Waals surface area contributed by atoms with Crippen LogP contribution in [0.5, 0.6) is 0 Å². The van der Waals surface area contributed by atoms with Gasteiger partial charge in [0, 0.05) is 12.6 Å². The number of carbonyl (C=O) groups excluding carboxylic acids is 1. The number of piperidine rings is 1. The lowest BCUT2D eigenvalue weighted by molar-refractivity contribution is -0.211. The van der Waals surface area contributed by atoms with E-state index in [1.165, 1.54) is 0 Å². The van der Waals surface area contributed by atoms with E-state index in [9.17, 15) is 9.59 Å². The Morgan fingerprint density at radius 2 is 2.07 bits per heavy atom. The van der Waals surface area contributed by atoms with Crippen molar-refractivity contribution in [1.29, 1.82) is 0 Å². The Labute approximate surface area is 173 Å². The third kappa shape index (κ3) is 3.25. The number of carbonyl (C=O) groups is 1. The fraction of sp³-hybridized carbons (Fsp3) is 0.348. The maximum absolute atomic E-state index is 12.9. The SMILES string of the molecule is CC(C(=O)ON1CCCC2NC=NCC21)c1ccc2oc3ccccc3c(=O)c2c1. The molecule has 3 unspecified atom stereocenters. The number of hydroxylamine groups is 2. The topological polar surface area (TPSA) is 84.1 Å². The minimum atomic E-state index is -0.513. The number of rotatable bonds is 3. The molecule has 0 spiro atoms. The second-order valence-corrected chi connectivity index (χ2v) is 7.93. The number of fused-ring (bicyclic) bond motifs is 3. The van der Waals surface area contributed by atoms with Crippen LogP contribution < -0.4 is 10.7 Å². The molecule has 0 amide bonds. The molecular weight excluding hydrogens is 382 g/mol. The molecule has 1 saturated heterocycles. The van der Waals surface area contributed by atoms with Gasteiger partial charge in [-0.3, -0.25) is 9.79 Å². The summed E-state index contributed by atoms with van der Waals surface area (Å²) in [5, 5.41) is 6.02. The summed E-state index contributed by atoms with van der Waals surface area (Å²) in [7, 11) is 0. The highest BCUT2D eigenvalue weighted by atomic mass is 16.7. The Morgan fingerprint density at radius 1 is 1.23 bits per heavy atom. The summed E-state index contributed by atoms with van der Waals surface area (Å²) in [5.74, 6) is -0.851. The van der Waals surface area contributed by atoms with Gasteiger partial charge in [-0.25, -0.2) is 4.79 Å². The Morgan fingerprint density at radius 3 is 2.97 bits per heavy atom. The average Bonchev–Trinajstić information content (AvgIpc) is 2.79. The van der Waals surface area contributed by atoms with Gasteiger partial charge in [0.1, 0.15) is 11.2 Å². The molecule has 3 aromatic rings. The second-order valence-electron chi connectivity index (χ2n) is 7.93. The van der Waals surface area contributed by atoms with Crippen LogP contribution in [0.1, 0.15) is 31.2 Å². The molecule has 3 heterocycles. The molecule has 0 radical (unpaired) electrons. The first-order chi connectivity index (χ1) is 14.6. The third-order valence-electron chi connectivity index (χ3n) is 6.06. The largest absolute Gasteiger partial charge is 0.456 e. The van der Waals surface area contributed by atoms with Crippen LogP contribution >= 0.6 is 0 Å². The predicted octanol–water partition coefficient (Wildman–Crippen LogP) is 2.97. The molecule has 5 rings (SSSR count). The van der Waals surface area contributed by atoms with Gasteiger partial charge < -0.3 is 14.6 Å². The van der Waals surface area contributed by atoms with Gasteiger partial charge in [0.2, 0.25) is 5.43 Å². The van der Waals surface area contributed by atoms with Crippen molar-refractivity contribution in [2.24, 2.45) is 4.99 Å². The van der Waals surface area contributed by atoms with Crippen LogP contribution in [-0.4, -0.2) is 42.5 Å². The molecule has 0 aliphatic carbocycles. The fourth-order valence-electron chi connectivity index (χ4n) is 4.28. The maximum atomic E-state index is 12.9. The molecule has 1 aromatic heterocycles. The fourth-order valence-corrected chi connectivity index (χ4v) is 4.28. The van der Waals surface area contributed by atoms with Gasteiger partial charge in [0.05, 0.1) is 35.6 Å². The van der Waals surface area contributed by atoms with Crippen LogP contribution in [0.4, 0.5) is 0 Å². The Hall–Kier alpha value is -3.19. The second kappa shape index (κ2) is 7.57. The summed E-state index contributed by atoms with van der Waals surface area (Å²) in [4.78, 5) is 35.8. The summed E-state index contributed by atoms with van der Waals surface area (Å²) in [6, 6.07) is 12.8. The molecule has 1 fully saturated rings. The highest BCUT2D eigenvalue weighted by Crippen LogP contribution is 2.26. The van der Waals surface area contributed by atoms with Crippen molar-refractivity contribution < 1.29 is 14.0 Å². The molecule has 2 aromatic carbocycles. The summed E-state index contributed by atoms with van der Waals surface area (Å²) < 4.78 is 5.86. The van der Waals surface area contributed by atoms with Crippen molar-refractivity contribution in [3.8, 4) is 0 Å². The molecule has 0 saturated carbocycles. The normalized spacial score (nSPS) is 22.4. The summed E-state index contributed by atoms with van der Waals surface area (Å²) in [6.07, 6.45) is 3.72. The lowest BCUT2D eigenvalue weighted by Gasteiger charge is -2.40. The van der Waals surface area contributed by atoms with Gasteiger partial charge >= 0.3 is 5.97 Å². The van der Waals surface area contributed by atoms with Crippen molar-refractivity contribution in [2.45, 2.75) is 37.8 Å². The average molecular weight is 405 g/mol. The minimum absolute atomic E-state index is 0.0508. The lowest BCUT2D eigenvalue weighted by Crippen LogP contribution is -2.57. The maximum Gasteiger partial charge on any atom is 0.332 e. The van der Waals surface area contributed by atoms with Crippen molar-refractivity contribution >= 4 is 34.2 Å². The van der Waals surface area contributed by atoms with Gasteiger partial charge in [-0.05, 0) is 49.6 Å². The van der Waals surface area contributed by atoms with Crippen molar-refractivity contribution in [3.63, 3.8) is 0 Å². The van der Waals surface area contributed by atoms with E-state index in [2.05, 4.69) is 10.3 Å². The highest BCUT2D eigenvalue weighted by Gasteiger charge is 2.35. The number of nitrogens with zero attached hydrogens (tertiary/aromatic N) is 2. The zero-order chi connectivity index (χ0) is 20.7. The van der Waals surface area contributed by atoms with Crippen LogP contribution in [0.25, 0.3) is 21.9 Å². The minimum Gasteiger partial charge on any atom is -0.456 e. The molecule has 2 aliphatic heterocycles. The number of nitrogens with one attached hydrogen (secondary N) is 1. The first kappa shape index (κ1) is 18.8. The van der Waals surface area contributed by atoms with E-state index < -0.39 is 5.92 Å². The number of aliphatic imine (C=N–C) groups is 1. The first-order valence-corrected chi connectivity index (χ1v) is 10.3. The van der Waals surface area contributed by atoms with Crippen molar-refractivity contribution in [3.05, 3.63) is 58.3 Å². The van der Waals surface area contributed by atoms with E-state index in [1.54, 1.807) is 42.6 Å². The summed E-state index contributed by atoms with van der Waals surface area (Å²) in [5.41, 5.74) is 1.69. The van der Waals surface area contributed by atoms with Gasteiger partial charge in [-0.2, -0.15) is 0 Å². The number of hydrogen-bond donors (Lipinski definition) is 1. The van der Waals surface area contributed by atoms with E-state index in [1.807, 2.05) is 18.2 Å². The quantitative estimate of drug-likeness (QED) is 0.675. The Bertz CT molecular complexity index is 1200. The first-order valence-electron chi connectivity index (χ1n) is 10.3. The standard InChI is InChI=1S/C23H23N3O4/c1-14(23(28)30-26-10-4-6-18-19(26)12-24-13-25-18)15-8-9-21-17(11-15)22(27)16-5-2-3-7-20(16)29-21/h2-3,5,7-9,11,13-14,18-19H,4,6,10,12H2,1H3,(H,24,25). The lowest BCUT2D eigenvalue weighted by atomic mass is 9.97. The number of para-hydroxylation sites is 1. The van der Waals surface area contributed by atoms with Crippen LogP contribution in [-0.2, 0) is 9.63 Å². The Balaban J connectivity index is 1.41. The molecule has 154 valence electrons. The smallest absolute Gasteiger partial charge is 0.332 e. The molecule has 7 heteroatoms. The zero-order valence-electron chi connectivity index (χ0n) is 16.7. The predicted molar refractivity (Wildman–Crippen MR) is 115 cm³/mol. The van der Waals surface area contributed by atoms with Gasteiger partial charge in [-0.15, -0.1) is 5.06 Å². The van der Waals surface area contributed by atoms with Crippen LogP contribution in [0, 0.1) is 0 Å². The van der Waals surface area contributed by atoms with Crippen molar-refractivity contribution in [1.82, 2.24) is 10.4 Å². The van der Waals surface area contributed by atoms with Crippen LogP contribution in [0.3, 0.4) is 0 Å². The van der Waals surface area contributed by atoms with E-state index in [-0.39, 0.29) is 23.5 Å². The molecule has 1 N–H and O–H groups in total. The van der Waals surface area contributed by atoms with Crippen LogP contribution in [0.2, 0.25) is 0 Å². The van der Waals surface area contributed by atoms with E-state index >= 15 is 0 Å². The zero-order valence-corrected chi connectivity index (χ0v) is 16.7. The molecule has 0 bridgehead atoms. The van der Waals surface area contributed by atoms with Crippen molar-refractivity contribution in [2.75, 3.05) is 13.1 Å². The van der Waals surface area contributed by atoms with Crippen LogP contribution in [0.15, 0.2) is 56.7 Å². The van der Waals surface area contributed by atoms with Gasteiger partial charge in [-0.1, -0.05) is 18.2 Å². The monoisotopic (exact) mass is 405 g/mol. The third-order valence-corrected chi connectivity index (χ3v) is 6.06. The number of hydrogen-bond acceptors (Lipinski definition) is 7. The van der Waals surface area contributed by atoms with E-state index in [0.717, 1.165) is 18.4 Å². The van der Waals surface area contributed by atoms with E-state index in [4.69, 9.17) is 9.25 Å². The summed E-state index contributed by atoms with van der Waals surface area (Å²) >= 11 is 0. The Kier molecular flexibility index (Phi) is 4.75. The highest BCUT2D eigenvalue weighted by molar-refractivity contribution is 5.90. The molecule has 3 atom stereocenters. The molecule has 30 heavy (non-hydrogen) atoms. The van der Waals surface area contributed by atoms with Gasteiger partial charge in [0.15, 0.2) is 0 Å². The number of benzene rings is 2. The van der Waals surface area contributed by atoms with E-state index in [0.29, 0.717) is 35.0 Å². The summed E-state index contributed by atoms with van der Waals surface area (Å²) in [6.45, 7) is 3.11. The van der Waals surface area contributed by atoms with Gasteiger partial charge in [0.25, 0.3) is 0 Å². The molecule has 2 aliphatic rings. The molecular formula is C23H23N3O4. The molecule has 7 nitrogen and oxygen atoms in total.